The third kappa shape index (κ3) is 3.90. The predicted molar refractivity (Wildman–Crippen MR) is 88.1 cm³/mol. The van der Waals surface area contributed by atoms with Crippen molar-refractivity contribution in [2.75, 3.05) is 6.61 Å². The first-order valence-corrected chi connectivity index (χ1v) is 8.13. The van der Waals surface area contributed by atoms with Crippen molar-refractivity contribution in [3.8, 4) is 5.75 Å². The SMILES string of the molecule is CC(=O)[C@@H](C(C)C)N1C(=O)N[C@@H](COc2ccc(Br)cc2)C1=O. The summed E-state index contributed by atoms with van der Waals surface area (Å²) in [4.78, 5) is 37.3. The first kappa shape index (κ1) is 17.5. The number of ether oxygens (including phenoxy) is 1. The number of nitrogens with one attached hydrogen (secondary N) is 1. The average molecular weight is 383 g/mol. The van der Waals surface area contributed by atoms with Gasteiger partial charge in [0, 0.05) is 4.47 Å². The van der Waals surface area contributed by atoms with Gasteiger partial charge in [0.25, 0.3) is 5.91 Å². The lowest BCUT2D eigenvalue weighted by Crippen LogP contribution is -2.48. The zero-order valence-corrected chi connectivity index (χ0v) is 14.8. The molecule has 1 aromatic rings. The summed E-state index contributed by atoms with van der Waals surface area (Å²) in [5, 5.41) is 2.58. The maximum absolute atomic E-state index is 12.4. The number of rotatable bonds is 6. The fraction of sp³-hybridized carbons (Fsp3) is 0.438. The smallest absolute Gasteiger partial charge is 0.325 e. The molecule has 6 nitrogen and oxygen atoms in total. The van der Waals surface area contributed by atoms with Crippen LogP contribution in [-0.4, -0.2) is 41.3 Å². The predicted octanol–water partition coefficient (Wildman–Crippen LogP) is 2.36. The third-order valence-electron chi connectivity index (χ3n) is 3.61. The topological polar surface area (TPSA) is 75.7 Å². The molecule has 1 N–H and O–H groups in total. The van der Waals surface area contributed by atoms with Gasteiger partial charge in [0.15, 0.2) is 5.78 Å². The van der Waals surface area contributed by atoms with E-state index in [1.54, 1.807) is 26.0 Å². The minimum atomic E-state index is -0.785. The number of urea groups is 1. The van der Waals surface area contributed by atoms with Crippen molar-refractivity contribution in [1.29, 1.82) is 0 Å². The molecule has 2 atom stereocenters. The molecule has 0 radical (unpaired) electrons. The number of ketones is 1. The van der Waals surface area contributed by atoms with Gasteiger partial charge in [-0.1, -0.05) is 29.8 Å². The summed E-state index contributed by atoms with van der Waals surface area (Å²) in [6.45, 7) is 5.01. The number of hydrogen-bond donors (Lipinski definition) is 1. The van der Waals surface area contributed by atoms with Gasteiger partial charge in [0.05, 0.1) is 0 Å². The van der Waals surface area contributed by atoms with Crippen LogP contribution in [0.15, 0.2) is 28.7 Å². The summed E-state index contributed by atoms with van der Waals surface area (Å²) in [5.41, 5.74) is 0. The number of imide groups is 1. The molecule has 124 valence electrons. The van der Waals surface area contributed by atoms with Crippen LogP contribution in [0.25, 0.3) is 0 Å². The quantitative estimate of drug-likeness (QED) is 0.766. The van der Waals surface area contributed by atoms with Crippen molar-refractivity contribution >= 4 is 33.7 Å². The highest BCUT2D eigenvalue weighted by Crippen LogP contribution is 2.20. The van der Waals surface area contributed by atoms with Crippen molar-refractivity contribution in [2.24, 2.45) is 5.92 Å². The molecule has 0 aliphatic carbocycles. The van der Waals surface area contributed by atoms with E-state index in [-0.39, 0.29) is 18.3 Å². The molecular formula is C16H19BrN2O4. The molecule has 2 rings (SSSR count). The Labute approximate surface area is 143 Å². The molecule has 0 aromatic heterocycles. The molecule has 0 bridgehead atoms. The van der Waals surface area contributed by atoms with Crippen molar-refractivity contribution in [3.05, 3.63) is 28.7 Å². The van der Waals surface area contributed by atoms with Gasteiger partial charge in [-0.25, -0.2) is 4.79 Å². The molecule has 1 heterocycles. The van der Waals surface area contributed by atoms with Crippen molar-refractivity contribution in [2.45, 2.75) is 32.9 Å². The lowest BCUT2D eigenvalue weighted by atomic mass is 9.99. The molecular weight excluding hydrogens is 364 g/mol. The minimum Gasteiger partial charge on any atom is -0.491 e. The van der Waals surface area contributed by atoms with Gasteiger partial charge in [0.1, 0.15) is 24.4 Å². The van der Waals surface area contributed by atoms with Gasteiger partial charge in [-0.15, -0.1) is 0 Å². The molecule has 1 saturated heterocycles. The monoisotopic (exact) mass is 382 g/mol. The Morgan fingerprint density at radius 1 is 1.30 bits per heavy atom. The van der Waals surface area contributed by atoms with Crippen LogP contribution in [0.1, 0.15) is 20.8 Å². The van der Waals surface area contributed by atoms with E-state index in [1.807, 2.05) is 12.1 Å². The molecule has 23 heavy (non-hydrogen) atoms. The summed E-state index contributed by atoms with van der Waals surface area (Å²) in [7, 11) is 0. The van der Waals surface area contributed by atoms with E-state index in [1.165, 1.54) is 6.92 Å². The first-order chi connectivity index (χ1) is 10.8. The van der Waals surface area contributed by atoms with E-state index >= 15 is 0 Å². The van der Waals surface area contributed by atoms with Crippen molar-refractivity contribution < 1.29 is 19.1 Å². The van der Waals surface area contributed by atoms with Crippen LogP contribution in [0.4, 0.5) is 4.79 Å². The maximum atomic E-state index is 12.4. The summed E-state index contributed by atoms with van der Waals surface area (Å²) in [6, 6.07) is 5.08. The van der Waals surface area contributed by atoms with E-state index in [0.29, 0.717) is 5.75 Å². The van der Waals surface area contributed by atoms with Crippen LogP contribution in [0.5, 0.6) is 5.75 Å². The molecule has 1 aliphatic rings. The molecule has 0 saturated carbocycles. The van der Waals surface area contributed by atoms with E-state index < -0.39 is 24.0 Å². The number of Topliss-reactive ketones (excluding diaryl/α,β-unsaturated/α-hetero) is 1. The molecule has 1 fully saturated rings. The Kier molecular flexibility index (Phi) is 5.41. The van der Waals surface area contributed by atoms with Crippen molar-refractivity contribution in [1.82, 2.24) is 10.2 Å². The Morgan fingerprint density at radius 2 is 1.91 bits per heavy atom. The van der Waals surface area contributed by atoms with Crippen LogP contribution in [0.2, 0.25) is 0 Å². The number of carbonyl (C=O) groups excluding carboxylic acids is 3. The van der Waals surface area contributed by atoms with E-state index in [0.717, 1.165) is 9.37 Å². The Bertz CT molecular complexity index is 615. The highest BCUT2D eigenvalue weighted by molar-refractivity contribution is 9.10. The zero-order valence-electron chi connectivity index (χ0n) is 13.2. The number of halogens is 1. The van der Waals surface area contributed by atoms with Crippen molar-refractivity contribution in [3.63, 3.8) is 0 Å². The number of benzene rings is 1. The Balaban J connectivity index is 2.05. The number of carbonyl (C=O) groups is 3. The summed E-state index contributed by atoms with van der Waals surface area (Å²) >= 11 is 3.33. The van der Waals surface area contributed by atoms with Gasteiger partial charge in [0.2, 0.25) is 0 Å². The summed E-state index contributed by atoms with van der Waals surface area (Å²) in [6.07, 6.45) is 0. The molecule has 7 heteroatoms. The number of amides is 3. The summed E-state index contributed by atoms with van der Waals surface area (Å²) < 4.78 is 6.46. The molecule has 1 aliphatic heterocycles. The molecule has 1 aromatic carbocycles. The summed E-state index contributed by atoms with van der Waals surface area (Å²) in [5.74, 6) is -0.187. The lowest BCUT2D eigenvalue weighted by molar-refractivity contribution is -0.136. The molecule has 3 amide bonds. The van der Waals surface area contributed by atoms with E-state index in [9.17, 15) is 14.4 Å². The standard InChI is InChI=1S/C16H19BrN2O4/c1-9(2)14(10(3)20)19-15(21)13(18-16(19)22)8-23-12-6-4-11(17)5-7-12/h4-7,9,13-14H,8H2,1-3H3,(H,18,22)/t13-,14+/m0/s1. The normalized spacial score (nSPS) is 19.0. The van der Waals surface area contributed by atoms with Crippen LogP contribution in [0, 0.1) is 5.92 Å². The second-order valence-corrected chi connectivity index (χ2v) is 6.69. The van der Waals surface area contributed by atoms with Gasteiger partial charge >= 0.3 is 6.03 Å². The number of nitrogens with zero attached hydrogens (tertiary/aromatic N) is 1. The van der Waals surface area contributed by atoms with Crippen LogP contribution < -0.4 is 10.1 Å². The van der Waals surface area contributed by atoms with Crippen LogP contribution >= 0.6 is 15.9 Å². The number of hydrogen-bond acceptors (Lipinski definition) is 4. The highest BCUT2D eigenvalue weighted by Gasteiger charge is 2.44. The minimum absolute atomic E-state index is 0.0193. The van der Waals surface area contributed by atoms with E-state index in [2.05, 4.69) is 21.2 Å². The second-order valence-electron chi connectivity index (χ2n) is 5.77. The van der Waals surface area contributed by atoms with Gasteiger partial charge in [-0.05, 0) is 37.1 Å². The lowest BCUT2D eigenvalue weighted by Gasteiger charge is -2.26. The molecule has 0 unspecified atom stereocenters. The highest BCUT2D eigenvalue weighted by atomic mass is 79.9. The largest absolute Gasteiger partial charge is 0.491 e. The van der Waals surface area contributed by atoms with Gasteiger partial charge < -0.3 is 10.1 Å². The Morgan fingerprint density at radius 3 is 2.43 bits per heavy atom. The second kappa shape index (κ2) is 7.12. The average Bonchev–Trinajstić information content (AvgIpc) is 2.74. The van der Waals surface area contributed by atoms with Crippen LogP contribution in [-0.2, 0) is 9.59 Å². The maximum Gasteiger partial charge on any atom is 0.325 e. The fourth-order valence-corrected chi connectivity index (χ4v) is 2.85. The van der Waals surface area contributed by atoms with Gasteiger partial charge in [-0.3, -0.25) is 14.5 Å². The van der Waals surface area contributed by atoms with E-state index in [4.69, 9.17) is 4.74 Å². The zero-order chi connectivity index (χ0) is 17.1. The fourth-order valence-electron chi connectivity index (χ4n) is 2.58. The third-order valence-corrected chi connectivity index (χ3v) is 4.14. The molecule has 0 spiro atoms. The van der Waals surface area contributed by atoms with Crippen LogP contribution in [0.3, 0.4) is 0 Å². The first-order valence-electron chi connectivity index (χ1n) is 7.33. The van der Waals surface area contributed by atoms with Gasteiger partial charge in [-0.2, -0.15) is 0 Å². The Hall–Kier alpha value is -1.89.